The van der Waals surface area contributed by atoms with Crippen molar-refractivity contribution in [2.75, 3.05) is 26.9 Å². The van der Waals surface area contributed by atoms with Crippen molar-refractivity contribution in [3.05, 3.63) is 53.1 Å². The molecular formula is C21H29NO3. The third-order valence-electron chi connectivity index (χ3n) is 4.32. The molecule has 136 valence electrons. The van der Waals surface area contributed by atoms with Gasteiger partial charge in [-0.2, -0.15) is 0 Å². The van der Waals surface area contributed by atoms with Crippen molar-refractivity contribution < 1.29 is 14.2 Å². The Balaban J connectivity index is 2.34. The van der Waals surface area contributed by atoms with Gasteiger partial charge in [0, 0.05) is 5.92 Å². The van der Waals surface area contributed by atoms with Gasteiger partial charge in [-0.25, -0.2) is 0 Å². The zero-order chi connectivity index (χ0) is 18.2. The van der Waals surface area contributed by atoms with Crippen LogP contribution >= 0.6 is 0 Å². The first-order valence-electron chi connectivity index (χ1n) is 8.86. The van der Waals surface area contributed by atoms with E-state index in [4.69, 9.17) is 19.9 Å². The molecule has 1 unspecified atom stereocenters. The molecule has 0 spiro atoms. The van der Waals surface area contributed by atoms with Crippen LogP contribution in [0.15, 0.2) is 36.4 Å². The molecule has 4 heteroatoms. The largest absolute Gasteiger partial charge is 0.497 e. The smallest absolute Gasteiger partial charge is 0.164 e. The molecule has 2 N–H and O–H groups in total. The van der Waals surface area contributed by atoms with Gasteiger partial charge < -0.3 is 19.9 Å². The van der Waals surface area contributed by atoms with E-state index in [1.165, 1.54) is 11.1 Å². The fourth-order valence-corrected chi connectivity index (χ4v) is 3.12. The van der Waals surface area contributed by atoms with E-state index >= 15 is 0 Å². The van der Waals surface area contributed by atoms with Crippen molar-refractivity contribution in [2.45, 2.75) is 33.1 Å². The Hall–Kier alpha value is -2.20. The second-order valence-electron chi connectivity index (χ2n) is 5.97. The summed E-state index contributed by atoms with van der Waals surface area (Å²) in [5.74, 6) is 2.70. The van der Waals surface area contributed by atoms with Gasteiger partial charge in [0.2, 0.25) is 0 Å². The number of methoxy groups -OCH3 is 1. The van der Waals surface area contributed by atoms with Crippen LogP contribution in [0.5, 0.6) is 17.2 Å². The Kier molecular flexibility index (Phi) is 7.14. The zero-order valence-electron chi connectivity index (χ0n) is 15.7. The lowest BCUT2D eigenvalue weighted by Crippen LogP contribution is -2.17. The number of rotatable bonds is 9. The highest BCUT2D eigenvalue weighted by atomic mass is 16.5. The van der Waals surface area contributed by atoms with E-state index in [0.29, 0.717) is 19.8 Å². The van der Waals surface area contributed by atoms with Crippen LogP contribution in [0.3, 0.4) is 0 Å². The maximum absolute atomic E-state index is 6.11. The molecule has 2 aromatic carbocycles. The van der Waals surface area contributed by atoms with Crippen LogP contribution < -0.4 is 19.9 Å². The van der Waals surface area contributed by atoms with Gasteiger partial charge in [0.15, 0.2) is 11.5 Å². The van der Waals surface area contributed by atoms with Crippen molar-refractivity contribution >= 4 is 0 Å². The fourth-order valence-electron chi connectivity index (χ4n) is 3.12. The number of nitrogens with two attached hydrogens (primary N) is 1. The number of hydrogen-bond donors (Lipinski definition) is 1. The molecule has 1 atom stereocenters. The molecule has 0 fully saturated rings. The fraction of sp³-hybridized carbons (Fsp3) is 0.429. The first-order chi connectivity index (χ1) is 12.1. The highest BCUT2D eigenvalue weighted by Gasteiger charge is 2.18. The van der Waals surface area contributed by atoms with Crippen LogP contribution in [0.25, 0.3) is 0 Å². The van der Waals surface area contributed by atoms with Crippen LogP contribution in [0.4, 0.5) is 0 Å². The Labute approximate surface area is 150 Å². The molecule has 0 aliphatic heterocycles. The Morgan fingerprint density at radius 1 is 1.04 bits per heavy atom. The Bertz CT molecular complexity index is 685. The van der Waals surface area contributed by atoms with Crippen molar-refractivity contribution in [2.24, 2.45) is 5.73 Å². The van der Waals surface area contributed by atoms with Crippen LogP contribution in [-0.4, -0.2) is 26.9 Å². The number of aryl methyl sites for hydroxylation is 1. The van der Waals surface area contributed by atoms with Gasteiger partial charge in [-0.15, -0.1) is 0 Å². The van der Waals surface area contributed by atoms with Crippen molar-refractivity contribution in [3.63, 3.8) is 0 Å². The first kappa shape index (κ1) is 19.1. The maximum atomic E-state index is 6.11. The number of para-hydroxylation sites is 1. The van der Waals surface area contributed by atoms with Gasteiger partial charge in [-0.3, -0.25) is 0 Å². The summed E-state index contributed by atoms with van der Waals surface area (Å²) in [7, 11) is 1.68. The predicted molar refractivity (Wildman–Crippen MR) is 102 cm³/mol. The molecule has 0 saturated carbocycles. The highest BCUT2D eigenvalue weighted by molar-refractivity contribution is 5.48. The van der Waals surface area contributed by atoms with Crippen molar-refractivity contribution in [1.82, 2.24) is 0 Å². The SMILES string of the molecule is CCOc1cccc(CC(CN)c2ccc(OC)cc2C)c1OCC. The van der Waals surface area contributed by atoms with Gasteiger partial charge >= 0.3 is 0 Å². The van der Waals surface area contributed by atoms with Crippen LogP contribution in [-0.2, 0) is 6.42 Å². The van der Waals surface area contributed by atoms with E-state index in [0.717, 1.165) is 29.2 Å². The average molecular weight is 343 g/mol. The summed E-state index contributed by atoms with van der Waals surface area (Å²) in [6.45, 7) is 7.85. The summed E-state index contributed by atoms with van der Waals surface area (Å²) in [6, 6.07) is 12.2. The second kappa shape index (κ2) is 9.33. The maximum Gasteiger partial charge on any atom is 0.164 e. The lowest BCUT2D eigenvalue weighted by atomic mass is 9.88. The summed E-state index contributed by atoms with van der Waals surface area (Å²) < 4.78 is 16.9. The normalized spacial score (nSPS) is 11.9. The standard InChI is InChI=1S/C21H29NO3/c1-5-24-20-9-7-8-16(21(20)25-6-2)13-17(14-22)19-11-10-18(23-4)12-15(19)3/h7-12,17H,5-6,13-14,22H2,1-4H3. The molecule has 4 nitrogen and oxygen atoms in total. The summed E-state index contributed by atoms with van der Waals surface area (Å²) in [5, 5.41) is 0. The molecule has 0 amide bonds. The first-order valence-corrected chi connectivity index (χ1v) is 8.86. The molecular weight excluding hydrogens is 314 g/mol. The van der Waals surface area contributed by atoms with E-state index < -0.39 is 0 Å². The quantitative estimate of drug-likeness (QED) is 0.745. The second-order valence-corrected chi connectivity index (χ2v) is 5.97. The molecule has 0 aliphatic rings. The number of ether oxygens (including phenoxy) is 3. The molecule has 25 heavy (non-hydrogen) atoms. The van der Waals surface area contributed by atoms with Crippen molar-refractivity contribution in [3.8, 4) is 17.2 Å². The molecule has 0 aliphatic carbocycles. The lowest BCUT2D eigenvalue weighted by molar-refractivity contribution is 0.285. The number of benzene rings is 2. The lowest BCUT2D eigenvalue weighted by Gasteiger charge is -2.21. The Morgan fingerprint density at radius 3 is 2.40 bits per heavy atom. The van der Waals surface area contributed by atoms with Gasteiger partial charge in [-0.1, -0.05) is 18.2 Å². The molecule has 2 aromatic rings. The van der Waals surface area contributed by atoms with E-state index in [1.807, 2.05) is 32.0 Å². The molecule has 0 saturated heterocycles. The third-order valence-corrected chi connectivity index (χ3v) is 4.32. The van der Waals surface area contributed by atoms with Crippen LogP contribution in [0.1, 0.15) is 36.5 Å². The van der Waals surface area contributed by atoms with E-state index in [-0.39, 0.29) is 5.92 Å². The molecule has 0 radical (unpaired) electrons. The zero-order valence-corrected chi connectivity index (χ0v) is 15.7. The van der Waals surface area contributed by atoms with Gasteiger partial charge in [0.05, 0.1) is 20.3 Å². The van der Waals surface area contributed by atoms with Gasteiger partial charge in [0.1, 0.15) is 5.75 Å². The van der Waals surface area contributed by atoms with E-state index in [2.05, 4.69) is 25.1 Å². The topological polar surface area (TPSA) is 53.7 Å². The monoisotopic (exact) mass is 343 g/mol. The minimum Gasteiger partial charge on any atom is -0.497 e. The number of hydrogen-bond acceptors (Lipinski definition) is 4. The molecule has 0 heterocycles. The molecule has 0 bridgehead atoms. The minimum absolute atomic E-state index is 0.210. The average Bonchev–Trinajstić information content (AvgIpc) is 2.62. The van der Waals surface area contributed by atoms with E-state index in [1.54, 1.807) is 7.11 Å². The minimum atomic E-state index is 0.210. The van der Waals surface area contributed by atoms with Crippen molar-refractivity contribution in [1.29, 1.82) is 0 Å². The van der Waals surface area contributed by atoms with Crippen LogP contribution in [0.2, 0.25) is 0 Å². The van der Waals surface area contributed by atoms with Gasteiger partial charge in [-0.05, 0) is 68.6 Å². The van der Waals surface area contributed by atoms with Gasteiger partial charge in [0.25, 0.3) is 0 Å². The molecule has 0 aromatic heterocycles. The third kappa shape index (κ3) is 4.67. The summed E-state index contributed by atoms with van der Waals surface area (Å²) in [5.41, 5.74) is 9.66. The molecule has 2 rings (SSSR count). The summed E-state index contributed by atoms with van der Waals surface area (Å²) >= 11 is 0. The predicted octanol–water partition coefficient (Wildman–Crippen LogP) is 4.09. The highest BCUT2D eigenvalue weighted by Crippen LogP contribution is 2.35. The van der Waals surface area contributed by atoms with Crippen LogP contribution in [0, 0.1) is 6.92 Å². The van der Waals surface area contributed by atoms with E-state index in [9.17, 15) is 0 Å². The summed E-state index contributed by atoms with van der Waals surface area (Å²) in [4.78, 5) is 0. The Morgan fingerprint density at radius 2 is 1.80 bits per heavy atom. The summed E-state index contributed by atoms with van der Waals surface area (Å²) in [6.07, 6.45) is 0.805.